The van der Waals surface area contributed by atoms with E-state index in [2.05, 4.69) is 43.0 Å². The summed E-state index contributed by atoms with van der Waals surface area (Å²) in [6, 6.07) is 13.0. The molecule has 0 N–H and O–H groups in total. The number of unbranched alkanes of at least 4 members (excludes halogenated alkanes) is 1. The molecule has 0 radical (unpaired) electrons. The first-order valence-corrected chi connectivity index (χ1v) is 8.39. The minimum Gasteiger partial charge on any atom is -0.469 e. The largest absolute Gasteiger partial charge is 0.469 e. The average Bonchev–Trinajstić information content (AvgIpc) is 2.58. The van der Waals surface area contributed by atoms with E-state index in [9.17, 15) is 4.79 Å². The van der Waals surface area contributed by atoms with Crippen LogP contribution >= 0.6 is 0 Å². The number of carbonyl (C=O) groups is 1. The van der Waals surface area contributed by atoms with Crippen LogP contribution in [0.1, 0.15) is 43.2 Å². The first-order chi connectivity index (χ1) is 11.2. The summed E-state index contributed by atoms with van der Waals surface area (Å²) < 4.78 is 5.01. The number of rotatable bonds is 6. The highest BCUT2D eigenvalue weighted by Crippen LogP contribution is 2.46. The van der Waals surface area contributed by atoms with Crippen LogP contribution in [0.15, 0.2) is 49.1 Å². The first-order valence-electron chi connectivity index (χ1n) is 8.39. The molecule has 2 heteroatoms. The Balaban J connectivity index is 2.10. The fourth-order valence-corrected chi connectivity index (χ4v) is 4.04. The summed E-state index contributed by atoms with van der Waals surface area (Å²) in [6.07, 6.45) is 7.51. The number of allylic oxidation sites excluding steroid dienone is 1. The molecule has 0 heterocycles. The zero-order valence-electron chi connectivity index (χ0n) is 13.8. The molecule has 0 saturated carbocycles. The van der Waals surface area contributed by atoms with Crippen LogP contribution in [0, 0.1) is 0 Å². The molecule has 1 aliphatic rings. The number of hydrogen-bond donors (Lipinski definition) is 0. The highest BCUT2D eigenvalue weighted by atomic mass is 16.5. The van der Waals surface area contributed by atoms with Gasteiger partial charge in [-0.25, -0.2) is 0 Å². The molecule has 0 amide bonds. The maximum Gasteiger partial charge on any atom is 0.306 e. The van der Waals surface area contributed by atoms with Crippen molar-refractivity contribution in [2.45, 2.75) is 43.9 Å². The molecule has 1 atom stereocenters. The van der Waals surface area contributed by atoms with E-state index in [1.807, 2.05) is 6.08 Å². The maximum absolute atomic E-state index is 12.1. The van der Waals surface area contributed by atoms with Gasteiger partial charge in [0.1, 0.15) is 0 Å². The quantitative estimate of drug-likeness (QED) is 0.429. The van der Waals surface area contributed by atoms with Gasteiger partial charge in [0.05, 0.1) is 13.5 Å². The third kappa shape index (κ3) is 2.90. The highest BCUT2D eigenvalue weighted by molar-refractivity contribution is 5.91. The first kappa shape index (κ1) is 15.8. The molecule has 2 nitrogen and oxygen atoms in total. The molecule has 0 bridgehead atoms. The Morgan fingerprint density at radius 2 is 2.09 bits per heavy atom. The molecule has 2 aromatic carbocycles. The van der Waals surface area contributed by atoms with Crippen molar-refractivity contribution in [1.29, 1.82) is 0 Å². The molecule has 0 aromatic heterocycles. The van der Waals surface area contributed by atoms with Crippen molar-refractivity contribution in [3.63, 3.8) is 0 Å². The van der Waals surface area contributed by atoms with E-state index < -0.39 is 0 Å². The van der Waals surface area contributed by atoms with Crippen molar-refractivity contribution in [2.75, 3.05) is 7.11 Å². The minimum absolute atomic E-state index is 0.107. The van der Waals surface area contributed by atoms with E-state index in [1.54, 1.807) is 0 Å². The Morgan fingerprint density at radius 3 is 2.83 bits per heavy atom. The number of benzene rings is 2. The highest BCUT2D eigenvalue weighted by Gasteiger charge is 2.38. The van der Waals surface area contributed by atoms with Gasteiger partial charge >= 0.3 is 5.97 Å². The second kappa shape index (κ2) is 6.57. The zero-order valence-corrected chi connectivity index (χ0v) is 13.8. The Bertz CT molecular complexity index is 726. The molecule has 0 aliphatic heterocycles. The SMILES string of the molecule is C=CCCCC1(CC(=O)OC)CCc2cccc3cccc1c23. The second-order valence-corrected chi connectivity index (χ2v) is 6.53. The Kier molecular flexibility index (Phi) is 4.51. The maximum atomic E-state index is 12.1. The van der Waals surface area contributed by atoms with Crippen molar-refractivity contribution < 1.29 is 9.53 Å². The van der Waals surface area contributed by atoms with Crippen molar-refractivity contribution in [3.05, 3.63) is 60.2 Å². The van der Waals surface area contributed by atoms with E-state index in [0.29, 0.717) is 6.42 Å². The van der Waals surface area contributed by atoms with Gasteiger partial charge < -0.3 is 4.74 Å². The van der Waals surface area contributed by atoms with Crippen molar-refractivity contribution in [3.8, 4) is 0 Å². The molecule has 120 valence electrons. The Labute approximate surface area is 138 Å². The summed E-state index contributed by atoms with van der Waals surface area (Å²) >= 11 is 0. The molecular weight excluding hydrogens is 284 g/mol. The number of esters is 1. The number of aryl methyl sites for hydroxylation is 1. The molecule has 3 rings (SSSR count). The van der Waals surface area contributed by atoms with Gasteiger partial charge in [-0.05, 0) is 54.0 Å². The van der Waals surface area contributed by atoms with Crippen LogP contribution in [0.4, 0.5) is 0 Å². The van der Waals surface area contributed by atoms with E-state index in [4.69, 9.17) is 4.74 Å². The summed E-state index contributed by atoms with van der Waals surface area (Å²) in [5.41, 5.74) is 2.62. The minimum atomic E-state index is -0.111. The van der Waals surface area contributed by atoms with Crippen LogP contribution in [0.5, 0.6) is 0 Å². The molecule has 1 unspecified atom stereocenters. The van der Waals surface area contributed by atoms with Crippen LogP contribution in [-0.2, 0) is 21.4 Å². The lowest BCUT2D eigenvalue weighted by Crippen LogP contribution is -2.33. The van der Waals surface area contributed by atoms with Crippen LogP contribution in [0.3, 0.4) is 0 Å². The van der Waals surface area contributed by atoms with E-state index >= 15 is 0 Å². The van der Waals surface area contributed by atoms with Crippen LogP contribution < -0.4 is 0 Å². The average molecular weight is 308 g/mol. The number of methoxy groups -OCH3 is 1. The third-order valence-corrected chi connectivity index (χ3v) is 5.21. The predicted molar refractivity (Wildman–Crippen MR) is 94.6 cm³/mol. The van der Waals surface area contributed by atoms with Gasteiger partial charge in [0.15, 0.2) is 0 Å². The fraction of sp³-hybridized carbons (Fsp3) is 0.381. The molecule has 0 saturated heterocycles. The van der Waals surface area contributed by atoms with Gasteiger partial charge in [-0.2, -0.15) is 0 Å². The van der Waals surface area contributed by atoms with Gasteiger partial charge in [0, 0.05) is 5.41 Å². The Morgan fingerprint density at radius 1 is 1.30 bits per heavy atom. The normalized spacial score (nSPS) is 19.5. The smallest absolute Gasteiger partial charge is 0.306 e. The van der Waals surface area contributed by atoms with Crippen LogP contribution in [-0.4, -0.2) is 13.1 Å². The number of hydrogen-bond acceptors (Lipinski definition) is 2. The van der Waals surface area contributed by atoms with Crippen molar-refractivity contribution in [1.82, 2.24) is 0 Å². The molecule has 2 aromatic rings. The van der Waals surface area contributed by atoms with Gasteiger partial charge in [0.2, 0.25) is 0 Å². The van der Waals surface area contributed by atoms with Crippen LogP contribution in [0.2, 0.25) is 0 Å². The van der Waals surface area contributed by atoms with Gasteiger partial charge in [-0.1, -0.05) is 42.5 Å². The topological polar surface area (TPSA) is 26.3 Å². The summed E-state index contributed by atoms with van der Waals surface area (Å²) in [7, 11) is 1.48. The lowest BCUT2D eigenvalue weighted by atomic mass is 9.65. The molecule has 1 aliphatic carbocycles. The predicted octanol–water partition coefficient (Wildman–Crippen LogP) is 4.94. The third-order valence-electron chi connectivity index (χ3n) is 5.21. The lowest BCUT2D eigenvalue weighted by Gasteiger charge is -2.38. The molecule has 0 spiro atoms. The Hall–Kier alpha value is -2.09. The van der Waals surface area contributed by atoms with E-state index in [0.717, 1.165) is 32.1 Å². The second-order valence-electron chi connectivity index (χ2n) is 6.53. The lowest BCUT2D eigenvalue weighted by molar-refractivity contribution is -0.142. The van der Waals surface area contributed by atoms with Gasteiger partial charge in [0.25, 0.3) is 0 Å². The van der Waals surface area contributed by atoms with Crippen molar-refractivity contribution in [2.24, 2.45) is 0 Å². The standard InChI is InChI=1S/C21H24O2/c1-3-4-5-13-21(15-19(22)23-2)14-12-17-9-6-8-16-10-7-11-18(21)20(16)17/h3,6-11H,1,4-5,12-15H2,2H3. The molecule has 0 fully saturated rings. The summed E-state index contributed by atoms with van der Waals surface area (Å²) in [5, 5.41) is 2.63. The molecular formula is C21H24O2. The molecule has 23 heavy (non-hydrogen) atoms. The fourth-order valence-electron chi connectivity index (χ4n) is 4.04. The van der Waals surface area contributed by atoms with Crippen molar-refractivity contribution >= 4 is 16.7 Å². The number of carbonyl (C=O) groups excluding carboxylic acids is 1. The van der Waals surface area contributed by atoms with Gasteiger partial charge in [-0.15, -0.1) is 6.58 Å². The van der Waals surface area contributed by atoms with E-state index in [1.165, 1.54) is 29.0 Å². The zero-order chi connectivity index (χ0) is 16.3. The number of ether oxygens (including phenoxy) is 1. The summed E-state index contributed by atoms with van der Waals surface area (Å²) in [4.78, 5) is 12.1. The summed E-state index contributed by atoms with van der Waals surface area (Å²) in [5.74, 6) is -0.111. The monoisotopic (exact) mass is 308 g/mol. The van der Waals surface area contributed by atoms with Gasteiger partial charge in [-0.3, -0.25) is 4.79 Å². The van der Waals surface area contributed by atoms with Crippen LogP contribution in [0.25, 0.3) is 10.8 Å². The summed E-state index contributed by atoms with van der Waals surface area (Å²) in [6.45, 7) is 3.83. The van der Waals surface area contributed by atoms with E-state index in [-0.39, 0.29) is 11.4 Å².